The van der Waals surface area contributed by atoms with Crippen molar-refractivity contribution < 1.29 is 14.7 Å². The molecule has 3 N–H and O–H groups in total. The molecule has 0 spiro atoms. The van der Waals surface area contributed by atoms with Crippen LogP contribution in [0.3, 0.4) is 0 Å². The Morgan fingerprint density at radius 1 is 1.07 bits per heavy atom. The number of carbonyl (C=O) groups excluding carboxylic acids is 1. The van der Waals surface area contributed by atoms with Gasteiger partial charge in [-0.3, -0.25) is 9.69 Å². The quantitative estimate of drug-likeness (QED) is 0.705. The zero-order valence-corrected chi connectivity index (χ0v) is 16.5. The van der Waals surface area contributed by atoms with Gasteiger partial charge in [0.05, 0.1) is 6.04 Å². The molecule has 152 valence electrons. The highest BCUT2D eigenvalue weighted by Gasteiger charge is 2.33. The van der Waals surface area contributed by atoms with Gasteiger partial charge in [0.25, 0.3) is 0 Å². The molecule has 1 unspecified atom stereocenters. The SMILES string of the molecule is O=C(O)CCCc1ccc(C2CNC(=O)N2c2ccc3c(c2)CCNCC3)cc1. The molecule has 1 saturated heterocycles. The van der Waals surface area contributed by atoms with E-state index in [2.05, 4.69) is 41.0 Å². The maximum absolute atomic E-state index is 12.6. The van der Waals surface area contributed by atoms with Gasteiger partial charge in [-0.1, -0.05) is 30.3 Å². The van der Waals surface area contributed by atoms with Gasteiger partial charge in [-0.15, -0.1) is 0 Å². The summed E-state index contributed by atoms with van der Waals surface area (Å²) in [5.74, 6) is -0.760. The number of anilines is 1. The van der Waals surface area contributed by atoms with Gasteiger partial charge in [0, 0.05) is 18.7 Å². The second-order valence-electron chi connectivity index (χ2n) is 7.76. The highest BCUT2D eigenvalue weighted by atomic mass is 16.4. The number of aryl methyl sites for hydroxylation is 1. The number of amides is 2. The number of nitrogens with zero attached hydrogens (tertiary/aromatic N) is 1. The van der Waals surface area contributed by atoms with E-state index in [4.69, 9.17) is 5.11 Å². The number of carboxylic acids is 1. The van der Waals surface area contributed by atoms with Gasteiger partial charge >= 0.3 is 12.0 Å². The lowest BCUT2D eigenvalue weighted by atomic mass is 9.99. The third-order valence-electron chi connectivity index (χ3n) is 5.81. The number of urea groups is 1. The molecule has 1 fully saturated rings. The van der Waals surface area contributed by atoms with Crippen molar-refractivity contribution in [3.8, 4) is 0 Å². The largest absolute Gasteiger partial charge is 0.481 e. The molecule has 2 aromatic carbocycles. The summed E-state index contributed by atoms with van der Waals surface area (Å²) in [5.41, 5.74) is 5.83. The molecule has 0 aromatic heterocycles. The van der Waals surface area contributed by atoms with Crippen molar-refractivity contribution in [1.29, 1.82) is 0 Å². The fraction of sp³-hybridized carbons (Fsp3) is 0.391. The van der Waals surface area contributed by atoms with Crippen molar-refractivity contribution in [2.45, 2.75) is 38.1 Å². The molecule has 2 aliphatic rings. The van der Waals surface area contributed by atoms with Crippen LogP contribution in [0, 0.1) is 0 Å². The Morgan fingerprint density at radius 2 is 1.83 bits per heavy atom. The van der Waals surface area contributed by atoms with Crippen LogP contribution in [0.5, 0.6) is 0 Å². The number of carbonyl (C=O) groups is 2. The molecule has 6 nitrogen and oxygen atoms in total. The summed E-state index contributed by atoms with van der Waals surface area (Å²) >= 11 is 0. The molecule has 6 heteroatoms. The first-order valence-corrected chi connectivity index (χ1v) is 10.3. The first kappa shape index (κ1) is 19.5. The Hall–Kier alpha value is -2.86. The van der Waals surface area contributed by atoms with Crippen molar-refractivity contribution in [3.63, 3.8) is 0 Å². The predicted octanol–water partition coefficient (Wildman–Crippen LogP) is 3.05. The Morgan fingerprint density at radius 3 is 2.59 bits per heavy atom. The number of rotatable bonds is 6. The van der Waals surface area contributed by atoms with Crippen LogP contribution in [-0.4, -0.2) is 36.7 Å². The van der Waals surface area contributed by atoms with E-state index >= 15 is 0 Å². The van der Waals surface area contributed by atoms with E-state index in [1.807, 2.05) is 17.0 Å². The van der Waals surface area contributed by atoms with Gasteiger partial charge in [-0.05, 0) is 73.2 Å². The lowest BCUT2D eigenvalue weighted by molar-refractivity contribution is -0.137. The van der Waals surface area contributed by atoms with Crippen LogP contribution < -0.4 is 15.5 Å². The third-order valence-corrected chi connectivity index (χ3v) is 5.81. The van der Waals surface area contributed by atoms with Crippen LogP contribution in [0.25, 0.3) is 0 Å². The van der Waals surface area contributed by atoms with E-state index < -0.39 is 5.97 Å². The maximum Gasteiger partial charge on any atom is 0.322 e. The molecular formula is C23H27N3O3. The summed E-state index contributed by atoms with van der Waals surface area (Å²) in [7, 11) is 0. The molecule has 2 aliphatic heterocycles. The Kier molecular flexibility index (Phi) is 5.81. The zero-order chi connectivity index (χ0) is 20.2. The molecular weight excluding hydrogens is 366 g/mol. The summed E-state index contributed by atoms with van der Waals surface area (Å²) in [6.45, 7) is 2.54. The number of nitrogens with one attached hydrogen (secondary N) is 2. The first-order chi connectivity index (χ1) is 14.1. The van der Waals surface area contributed by atoms with Gasteiger partial charge in [-0.25, -0.2) is 4.79 Å². The van der Waals surface area contributed by atoms with E-state index in [9.17, 15) is 9.59 Å². The van der Waals surface area contributed by atoms with Crippen molar-refractivity contribution in [2.24, 2.45) is 0 Å². The molecule has 2 amide bonds. The van der Waals surface area contributed by atoms with E-state index in [1.165, 1.54) is 11.1 Å². The van der Waals surface area contributed by atoms with E-state index in [0.29, 0.717) is 13.0 Å². The molecule has 0 aliphatic carbocycles. The van der Waals surface area contributed by atoms with Crippen LogP contribution in [0.2, 0.25) is 0 Å². The summed E-state index contributed by atoms with van der Waals surface area (Å²) in [5, 5.41) is 15.2. The van der Waals surface area contributed by atoms with E-state index in [-0.39, 0.29) is 18.5 Å². The van der Waals surface area contributed by atoms with Gasteiger partial charge in [0.1, 0.15) is 0 Å². The average molecular weight is 393 g/mol. The minimum absolute atomic E-state index is 0.0440. The number of fused-ring (bicyclic) bond motifs is 1. The van der Waals surface area contributed by atoms with Gasteiger partial charge < -0.3 is 15.7 Å². The second kappa shape index (κ2) is 8.66. The van der Waals surface area contributed by atoms with E-state index in [1.54, 1.807) is 0 Å². The fourth-order valence-corrected chi connectivity index (χ4v) is 4.23. The summed E-state index contributed by atoms with van der Waals surface area (Å²) < 4.78 is 0. The molecule has 0 saturated carbocycles. The van der Waals surface area contributed by atoms with Crippen molar-refractivity contribution in [1.82, 2.24) is 10.6 Å². The van der Waals surface area contributed by atoms with Crippen LogP contribution in [-0.2, 0) is 24.1 Å². The molecule has 0 radical (unpaired) electrons. The number of hydrogen-bond acceptors (Lipinski definition) is 3. The number of hydrogen-bond donors (Lipinski definition) is 3. The lowest BCUT2D eigenvalue weighted by Gasteiger charge is -2.25. The van der Waals surface area contributed by atoms with Gasteiger partial charge in [-0.2, -0.15) is 0 Å². The smallest absolute Gasteiger partial charge is 0.322 e. The topological polar surface area (TPSA) is 81.7 Å². The summed E-state index contributed by atoms with van der Waals surface area (Å²) in [6, 6.07) is 14.5. The third kappa shape index (κ3) is 4.43. The maximum atomic E-state index is 12.6. The van der Waals surface area contributed by atoms with Crippen LogP contribution in [0.1, 0.15) is 41.1 Å². The highest BCUT2D eigenvalue weighted by molar-refractivity contribution is 5.95. The highest BCUT2D eigenvalue weighted by Crippen LogP contribution is 2.32. The normalized spacial score (nSPS) is 18.8. The van der Waals surface area contributed by atoms with Crippen molar-refractivity contribution >= 4 is 17.7 Å². The van der Waals surface area contributed by atoms with Gasteiger partial charge in [0.15, 0.2) is 0 Å². The predicted molar refractivity (Wildman–Crippen MR) is 112 cm³/mol. The minimum atomic E-state index is -0.760. The standard InChI is InChI=1S/C23H27N3O3/c27-22(28)3-1-2-16-4-6-18(7-5-16)21-15-25-23(29)26(21)20-9-8-17-10-12-24-13-11-19(17)14-20/h4-9,14,21,24H,1-3,10-13,15H2,(H,25,29)(H,27,28). The fourth-order valence-electron chi connectivity index (χ4n) is 4.23. The monoisotopic (exact) mass is 393 g/mol. The molecule has 1 atom stereocenters. The second-order valence-corrected chi connectivity index (χ2v) is 7.76. The van der Waals surface area contributed by atoms with Crippen molar-refractivity contribution in [2.75, 3.05) is 24.5 Å². The number of aliphatic carboxylic acids is 1. The summed E-state index contributed by atoms with van der Waals surface area (Å²) in [6.07, 6.45) is 3.57. The Balaban J connectivity index is 1.52. The van der Waals surface area contributed by atoms with Crippen LogP contribution >= 0.6 is 0 Å². The van der Waals surface area contributed by atoms with Crippen molar-refractivity contribution in [3.05, 3.63) is 64.7 Å². The van der Waals surface area contributed by atoms with Gasteiger partial charge in [0.2, 0.25) is 0 Å². The number of carboxylic acid groups (broad SMARTS) is 1. The first-order valence-electron chi connectivity index (χ1n) is 10.3. The average Bonchev–Trinajstić information content (AvgIpc) is 2.94. The zero-order valence-electron chi connectivity index (χ0n) is 16.5. The Labute approximate surface area is 170 Å². The molecule has 0 bridgehead atoms. The van der Waals surface area contributed by atoms with E-state index in [0.717, 1.165) is 49.2 Å². The molecule has 4 rings (SSSR count). The molecule has 29 heavy (non-hydrogen) atoms. The van der Waals surface area contributed by atoms with Crippen LogP contribution in [0.4, 0.5) is 10.5 Å². The molecule has 2 heterocycles. The summed E-state index contributed by atoms with van der Waals surface area (Å²) in [4.78, 5) is 25.2. The molecule has 2 aromatic rings. The lowest BCUT2D eigenvalue weighted by Crippen LogP contribution is -2.29. The minimum Gasteiger partial charge on any atom is -0.481 e. The number of benzene rings is 2. The Bertz CT molecular complexity index is 895. The van der Waals surface area contributed by atoms with Crippen LogP contribution in [0.15, 0.2) is 42.5 Å².